The van der Waals surface area contributed by atoms with Crippen molar-refractivity contribution in [2.75, 3.05) is 19.0 Å². The molecule has 5 heteroatoms. The molecule has 1 heterocycles. The van der Waals surface area contributed by atoms with Crippen LogP contribution in [0, 0.1) is 0 Å². The smallest absolute Gasteiger partial charge is 0.238 e. The van der Waals surface area contributed by atoms with Gasteiger partial charge in [-0.3, -0.25) is 9.59 Å². The second kappa shape index (κ2) is 8.27. The van der Waals surface area contributed by atoms with Gasteiger partial charge in [0.05, 0.1) is 4.91 Å². The van der Waals surface area contributed by atoms with Crippen molar-refractivity contribution in [2.24, 2.45) is 0 Å². The van der Waals surface area contributed by atoms with Crippen LogP contribution in [0.15, 0.2) is 22.5 Å². The van der Waals surface area contributed by atoms with Gasteiger partial charge < -0.3 is 9.47 Å². The van der Waals surface area contributed by atoms with Crippen LogP contribution in [0.5, 0.6) is 0 Å². The first-order valence-corrected chi connectivity index (χ1v) is 8.66. The lowest BCUT2D eigenvalue weighted by Gasteiger charge is -2.23. The number of carbonyl (C=O) groups excluding carboxylic acids is 2. The minimum atomic E-state index is -0.255. The van der Waals surface area contributed by atoms with Gasteiger partial charge in [0.1, 0.15) is 13.2 Å². The summed E-state index contributed by atoms with van der Waals surface area (Å²) in [6, 6.07) is 0. The number of ketones is 2. The highest BCUT2D eigenvalue weighted by Crippen LogP contribution is 2.30. The Kier molecular flexibility index (Phi) is 6.36. The molecule has 0 fully saturated rings. The van der Waals surface area contributed by atoms with Crippen LogP contribution >= 0.6 is 11.8 Å². The Bertz CT molecular complexity index is 465. The molecule has 2 rings (SSSR count). The van der Waals surface area contributed by atoms with Crippen molar-refractivity contribution < 1.29 is 19.1 Å². The largest absolute Gasteiger partial charge is 0.483 e. The van der Waals surface area contributed by atoms with Gasteiger partial charge in [-0.2, -0.15) is 0 Å². The summed E-state index contributed by atoms with van der Waals surface area (Å²) >= 11 is 1.45. The number of thioether (sulfide) groups is 1. The maximum atomic E-state index is 12.2. The van der Waals surface area contributed by atoms with Crippen LogP contribution in [0.25, 0.3) is 0 Å². The molecule has 2 aliphatic rings. The molecule has 0 aromatic carbocycles. The van der Waals surface area contributed by atoms with E-state index in [2.05, 4.69) is 6.92 Å². The summed E-state index contributed by atoms with van der Waals surface area (Å²) in [7, 11) is 0. The van der Waals surface area contributed by atoms with E-state index in [0.717, 1.165) is 12.2 Å². The van der Waals surface area contributed by atoms with E-state index in [0.29, 0.717) is 18.1 Å². The van der Waals surface area contributed by atoms with E-state index in [-0.39, 0.29) is 23.1 Å². The Morgan fingerprint density at radius 3 is 2.43 bits per heavy atom. The highest BCUT2D eigenvalue weighted by atomic mass is 32.2. The lowest BCUT2D eigenvalue weighted by atomic mass is 10.1. The molecule has 116 valence electrons. The zero-order chi connectivity index (χ0) is 15.1. The summed E-state index contributed by atoms with van der Waals surface area (Å²) in [5, 5.41) is 0. The summed E-state index contributed by atoms with van der Waals surface area (Å²) in [6.45, 7) is 2.85. The molecule has 0 aromatic rings. The topological polar surface area (TPSA) is 52.6 Å². The predicted octanol–water partition coefficient (Wildman–Crippen LogP) is 3.37. The Hall–Kier alpha value is -1.23. The van der Waals surface area contributed by atoms with Gasteiger partial charge in [0.15, 0.2) is 0 Å². The van der Waals surface area contributed by atoms with Gasteiger partial charge in [0.2, 0.25) is 23.1 Å². The van der Waals surface area contributed by atoms with Crippen LogP contribution in [-0.4, -0.2) is 30.5 Å². The lowest BCUT2D eigenvalue weighted by Crippen LogP contribution is -2.27. The molecule has 0 radical (unpaired) electrons. The number of hydrogen-bond acceptors (Lipinski definition) is 5. The van der Waals surface area contributed by atoms with Crippen LogP contribution < -0.4 is 0 Å². The molecular weight excluding hydrogens is 288 g/mol. The molecule has 0 amide bonds. The van der Waals surface area contributed by atoms with Crippen molar-refractivity contribution in [2.45, 2.75) is 45.4 Å². The van der Waals surface area contributed by atoms with Crippen LogP contribution in [0.3, 0.4) is 0 Å². The zero-order valence-corrected chi connectivity index (χ0v) is 13.3. The fourth-order valence-corrected chi connectivity index (χ4v) is 3.29. The molecule has 1 aliphatic carbocycles. The van der Waals surface area contributed by atoms with Crippen LogP contribution in [0.2, 0.25) is 0 Å². The third-order valence-corrected chi connectivity index (χ3v) is 4.56. The van der Waals surface area contributed by atoms with E-state index in [1.54, 1.807) is 0 Å². The summed E-state index contributed by atoms with van der Waals surface area (Å²) in [5.41, 5.74) is 0. The third-order valence-electron chi connectivity index (χ3n) is 3.45. The summed E-state index contributed by atoms with van der Waals surface area (Å²) in [5.74, 6) is 0.574. The van der Waals surface area contributed by atoms with E-state index in [1.807, 2.05) is 0 Å². The number of Topliss-reactive ketones (excluding diaryl/α,β-unsaturated/α-hetero) is 1. The minimum Gasteiger partial charge on any atom is -0.483 e. The molecule has 0 unspecified atom stereocenters. The molecular formula is C16H22O4S. The number of ether oxygens (including phenoxy) is 2. The molecule has 0 aromatic heterocycles. The Labute approximate surface area is 129 Å². The first-order chi connectivity index (χ1) is 10.2. The summed E-state index contributed by atoms with van der Waals surface area (Å²) in [6.07, 6.45) is 8.69. The Morgan fingerprint density at radius 1 is 1.00 bits per heavy atom. The fourth-order valence-electron chi connectivity index (χ4n) is 2.30. The van der Waals surface area contributed by atoms with Gasteiger partial charge in [-0.15, -0.1) is 11.8 Å². The Balaban J connectivity index is 1.77. The summed E-state index contributed by atoms with van der Waals surface area (Å²) < 4.78 is 10.5. The molecule has 21 heavy (non-hydrogen) atoms. The SMILES string of the molecule is CCCCCCCCSC1=CC(=O)C2=C(OCCO2)C1=O. The van der Waals surface area contributed by atoms with Gasteiger partial charge in [-0.25, -0.2) is 0 Å². The quantitative estimate of drug-likeness (QED) is 0.508. The molecule has 4 nitrogen and oxygen atoms in total. The van der Waals surface area contributed by atoms with Crippen LogP contribution in [0.4, 0.5) is 0 Å². The van der Waals surface area contributed by atoms with E-state index in [9.17, 15) is 9.59 Å². The number of carbonyl (C=O) groups is 2. The maximum Gasteiger partial charge on any atom is 0.238 e. The molecule has 0 spiro atoms. The molecule has 0 bridgehead atoms. The van der Waals surface area contributed by atoms with Crippen LogP contribution in [-0.2, 0) is 19.1 Å². The van der Waals surface area contributed by atoms with Crippen molar-refractivity contribution in [1.82, 2.24) is 0 Å². The zero-order valence-electron chi connectivity index (χ0n) is 12.5. The van der Waals surface area contributed by atoms with Gasteiger partial charge in [0, 0.05) is 6.08 Å². The first-order valence-electron chi connectivity index (χ1n) is 7.67. The number of unbranched alkanes of at least 4 members (excludes halogenated alkanes) is 5. The minimum absolute atomic E-state index is 0.0789. The first kappa shape index (κ1) is 16.1. The fraction of sp³-hybridized carbons (Fsp3) is 0.625. The van der Waals surface area contributed by atoms with Crippen molar-refractivity contribution in [3.05, 3.63) is 22.5 Å². The molecule has 0 saturated carbocycles. The van der Waals surface area contributed by atoms with Crippen molar-refractivity contribution in [1.29, 1.82) is 0 Å². The van der Waals surface area contributed by atoms with Crippen molar-refractivity contribution in [3.8, 4) is 0 Å². The van der Waals surface area contributed by atoms with Crippen molar-refractivity contribution >= 4 is 23.3 Å². The Morgan fingerprint density at radius 2 is 1.67 bits per heavy atom. The average molecular weight is 310 g/mol. The van der Waals surface area contributed by atoms with Gasteiger partial charge in [0.25, 0.3) is 0 Å². The standard InChI is InChI=1S/C16H22O4S/c1-2-3-4-5-6-7-10-21-13-11-12(17)15-16(14(13)18)20-9-8-19-15/h11H,2-10H2,1H3. The van der Waals surface area contributed by atoms with E-state index < -0.39 is 0 Å². The van der Waals surface area contributed by atoms with Crippen molar-refractivity contribution in [3.63, 3.8) is 0 Å². The van der Waals surface area contributed by atoms with Crippen LogP contribution in [0.1, 0.15) is 45.4 Å². The number of rotatable bonds is 8. The van der Waals surface area contributed by atoms with Gasteiger partial charge in [-0.05, 0) is 12.2 Å². The maximum absolute atomic E-state index is 12.2. The van der Waals surface area contributed by atoms with Gasteiger partial charge >= 0.3 is 0 Å². The predicted molar refractivity (Wildman–Crippen MR) is 82.9 cm³/mol. The normalized spacial score (nSPS) is 18.0. The second-order valence-electron chi connectivity index (χ2n) is 5.17. The van der Waals surface area contributed by atoms with E-state index in [4.69, 9.17) is 9.47 Å². The highest BCUT2D eigenvalue weighted by molar-refractivity contribution is 8.04. The summed E-state index contributed by atoms with van der Waals surface area (Å²) in [4.78, 5) is 24.6. The monoisotopic (exact) mass is 310 g/mol. The van der Waals surface area contributed by atoms with E-state index >= 15 is 0 Å². The molecule has 0 saturated heterocycles. The molecule has 0 N–H and O–H groups in total. The number of hydrogen-bond donors (Lipinski definition) is 0. The van der Waals surface area contributed by atoms with Gasteiger partial charge in [-0.1, -0.05) is 39.0 Å². The second-order valence-corrected chi connectivity index (χ2v) is 6.31. The number of allylic oxidation sites excluding steroid dienone is 2. The molecule has 0 atom stereocenters. The highest BCUT2D eigenvalue weighted by Gasteiger charge is 2.33. The molecule has 1 aliphatic heterocycles. The third kappa shape index (κ3) is 4.37. The lowest BCUT2D eigenvalue weighted by molar-refractivity contribution is -0.123. The van der Waals surface area contributed by atoms with E-state index in [1.165, 1.54) is 49.9 Å². The average Bonchev–Trinajstić information content (AvgIpc) is 2.51.